The van der Waals surface area contributed by atoms with Gasteiger partial charge >= 0.3 is 12.3 Å². The molecule has 0 aliphatic rings. The molecular formula is C37H31F3N2O7. The van der Waals surface area contributed by atoms with Gasteiger partial charge in [-0.25, -0.2) is 4.79 Å². The van der Waals surface area contributed by atoms with Crippen LogP contribution in [-0.4, -0.2) is 47.8 Å². The molecule has 0 amide bonds. The van der Waals surface area contributed by atoms with Gasteiger partial charge in [0.1, 0.15) is 28.6 Å². The number of carbonyl (C=O) groups is 1. The lowest BCUT2D eigenvalue weighted by Gasteiger charge is -2.22. The molecule has 6 aromatic rings. The lowest BCUT2D eigenvalue weighted by molar-refractivity contribution is -0.274. The average Bonchev–Trinajstić information content (AvgIpc) is 3.46. The first kappa shape index (κ1) is 33.0. The number of fused-ring (bicyclic) bond motifs is 2. The Labute approximate surface area is 278 Å². The summed E-state index contributed by atoms with van der Waals surface area (Å²) < 4.78 is 60.8. The van der Waals surface area contributed by atoms with E-state index in [-0.39, 0.29) is 35.7 Å². The monoisotopic (exact) mass is 672 g/mol. The molecule has 0 spiro atoms. The summed E-state index contributed by atoms with van der Waals surface area (Å²) in [5.74, 6) is -1.53. The van der Waals surface area contributed by atoms with Gasteiger partial charge < -0.3 is 33.6 Å². The Kier molecular flexibility index (Phi) is 8.96. The molecule has 6 rings (SSSR count). The van der Waals surface area contributed by atoms with Crippen molar-refractivity contribution < 1.29 is 42.0 Å². The zero-order valence-corrected chi connectivity index (χ0v) is 26.6. The van der Waals surface area contributed by atoms with Crippen LogP contribution in [0.15, 0.2) is 95.8 Å². The van der Waals surface area contributed by atoms with E-state index < -0.39 is 29.6 Å². The molecular weight excluding hydrogens is 641 g/mol. The fourth-order valence-electron chi connectivity index (χ4n) is 6.13. The van der Waals surface area contributed by atoms with Gasteiger partial charge in [0, 0.05) is 41.5 Å². The van der Waals surface area contributed by atoms with Gasteiger partial charge in [-0.1, -0.05) is 42.5 Å². The van der Waals surface area contributed by atoms with Crippen LogP contribution >= 0.6 is 0 Å². The number of aryl methyl sites for hydroxylation is 1. The first-order valence-corrected chi connectivity index (χ1v) is 15.2. The van der Waals surface area contributed by atoms with Crippen LogP contribution in [0.3, 0.4) is 0 Å². The van der Waals surface area contributed by atoms with E-state index in [1.807, 2.05) is 24.3 Å². The number of aromatic amines is 1. The molecule has 12 heteroatoms. The van der Waals surface area contributed by atoms with Crippen molar-refractivity contribution in [3.8, 4) is 23.0 Å². The maximum Gasteiger partial charge on any atom is 0.573 e. The summed E-state index contributed by atoms with van der Waals surface area (Å²) >= 11 is 0. The standard InChI is InChI=1S/C37H31F3N2O7/c1-42-29-11-7-5-9-26(29)34(43)32(35(42)44)31(21-12-14-22(15-13-21)49-37(38,39)40)33-25(24-8-4-6-10-28(24)41-33)18-19-48-36(45)27-17-16-23(46-2)20-30(27)47-3/h4-17,20,31,41,43H,18-19H2,1-3H3. The number of pyridine rings is 1. The number of ether oxygens (including phenoxy) is 4. The summed E-state index contributed by atoms with van der Waals surface area (Å²) in [4.78, 5) is 30.6. The third-order valence-electron chi connectivity index (χ3n) is 8.40. The molecule has 49 heavy (non-hydrogen) atoms. The molecule has 0 bridgehead atoms. The molecule has 2 aromatic heterocycles. The van der Waals surface area contributed by atoms with Gasteiger partial charge in [-0.2, -0.15) is 0 Å². The predicted octanol–water partition coefficient (Wildman–Crippen LogP) is 7.22. The molecule has 0 radical (unpaired) electrons. The number of carbonyl (C=O) groups excluding carboxylic acids is 1. The summed E-state index contributed by atoms with van der Waals surface area (Å²) in [7, 11) is 4.51. The number of methoxy groups -OCH3 is 2. The number of esters is 1. The Bertz CT molecular complexity index is 2220. The number of hydrogen-bond acceptors (Lipinski definition) is 7. The van der Waals surface area contributed by atoms with E-state index in [1.165, 1.54) is 37.0 Å². The van der Waals surface area contributed by atoms with E-state index in [1.54, 1.807) is 43.4 Å². The van der Waals surface area contributed by atoms with Crippen molar-refractivity contribution in [2.45, 2.75) is 18.7 Å². The fourth-order valence-corrected chi connectivity index (χ4v) is 6.13. The highest BCUT2D eigenvalue weighted by atomic mass is 19.4. The maximum atomic E-state index is 14.1. The molecule has 0 aliphatic heterocycles. The summed E-state index contributed by atoms with van der Waals surface area (Å²) in [6.07, 6.45) is -4.71. The maximum absolute atomic E-state index is 14.1. The van der Waals surface area contributed by atoms with Crippen molar-refractivity contribution in [2.24, 2.45) is 7.05 Å². The summed E-state index contributed by atoms with van der Waals surface area (Å²) in [5, 5.41) is 12.9. The largest absolute Gasteiger partial charge is 0.573 e. The SMILES string of the molecule is COc1ccc(C(=O)OCCc2c(C(c3ccc(OC(F)(F)F)cc3)c3c(O)c4ccccc4n(C)c3=O)[nH]c3ccccc23)c(OC)c1. The van der Waals surface area contributed by atoms with Crippen LogP contribution in [-0.2, 0) is 18.2 Å². The van der Waals surface area contributed by atoms with Crippen molar-refractivity contribution in [2.75, 3.05) is 20.8 Å². The number of nitrogens with one attached hydrogen (secondary N) is 1. The molecule has 4 aromatic carbocycles. The molecule has 252 valence electrons. The minimum Gasteiger partial charge on any atom is -0.507 e. The van der Waals surface area contributed by atoms with Crippen LogP contribution in [0.4, 0.5) is 13.2 Å². The molecule has 0 saturated heterocycles. The molecule has 0 fully saturated rings. The second-order valence-corrected chi connectivity index (χ2v) is 11.2. The van der Waals surface area contributed by atoms with Crippen LogP contribution in [0, 0.1) is 0 Å². The van der Waals surface area contributed by atoms with Crippen LogP contribution in [0.25, 0.3) is 21.8 Å². The molecule has 2 N–H and O–H groups in total. The van der Waals surface area contributed by atoms with Crippen LogP contribution in [0.5, 0.6) is 23.0 Å². The Hall–Kier alpha value is -5.91. The number of para-hydroxylation sites is 2. The molecule has 0 aliphatic carbocycles. The van der Waals surface area contributed by atoms with Gasteiger partial charge in [-0.3, -0.25) is 4.79 Å². The van der Waals surface area contributed by atoms with E-state index in [2.05, 4.69) is 9.72 Å². The Balaban J connectivity index is 1.47. The van der Waals surface area contributed by atoms with Gasteiger partial charge in [0.25, 0.3) is 5.56 Å². The lowest BCUT2D eigenvalue weighted by atomic mass is 9.85. The van der Waals surface area contributed by atoms with Gasteiger partial charge in [0.15, 0.2) is 0 Å². The average molecular weight is 673 g/mol. The molecule has 1 unspecified atom stereocenters. The second kappa shape index (κ2) is 13.3. The Morgan fingerprint density at radius 1 is 0.898 bits per heavy atom. The van der Waals surface area contributed by atoms with Crippen molar-refractivity contribution >= 4 is 27.8 Å². The van der Waals surface area contributed by atoms with E-state index in [0.717, 1.165) is 17.5 Å². The number of nitrogens with zero attached hydrogens (tertiary/aromatic N) is 1. The van der Waals surface area contributed by atoms with Crippen molar-refractivity contribution in [1.29, 1.82) is 0 Å². The highest BCUT2D eigenvalue weighted by Crippen LogP contribution is 2.41. The van der Waals surface area contributed by atoms with Gasteiger partial charge in [0.2, 0.25) is 0 Å². The molecule has 1 atom stereocenters. The van der Waals surface area contributed by atoms with Crippen molar-refractivity contribution in [3.63, 3.8) is 0 Å². The zero-order valence-electron chi connectivity index (χ0n) is 26.6. The van der Waals surface area contributed by atoms with E-state index in [4.69, 9.17) is 14.2 Å². The predicted molar refractivity (Wildman–Crippen MR) is 177 cm³/mol. The summed E-state index contributed by atoms with van der Waals surface area (Å²) in [5.41, 5.74) is 2.50. The van der Waals surface area contributed by atoms with E-state index in [9.17, 15) is 27.9 Å². The van der Waals surface area contributed by atoms with Gasteiger partial charge in [-0.05, 0) is 53.6 Å². The number of hydrogen-bond donors (Lipinski definition) is 2. The number of halogens is 3. The Morgan fingerprint density at radius 3 is 2.27 bits per heavy atom. The Morgan fingerprint density at radius 2 is 1.57 bits per heavy atom. The highest BCUT2D eigenvalue weighted by Gasteiger charge is 2.33. The number of aromatic nitrogens is 2. The van der Waals surface area contributed by atoms with Crippen molar-refractivity contribution in [1.82, 2.24) is 9.55 Å². The van der Waals surface area contributed by atoms with Crippen molar-refractivity contribution in [3.05, 3.63) is 129 Å². The quantitative estimate of drug-likeness (QED) is 0.148. The van der Waals surface area contributed by atoms with Crippen LogP contribution < -0.4 is 19.8 Å². The molecule has 2 heterocycles. The summed E-state index contributed by atoms with van der Waals surface area (Å²) in [6, 6.07) is 24.1. The van der Waals surface area contributed by atoms with Crippen LogP contribution in [0.2, 0.25) is 0 Å². The normalized spacial score (nSPS) is 12.2. The fraction of sp³-hybridized carbons (Fsp3) is 0.189. The first-order valence-electron chi connectivity index (χ1n) is 15.2. The number of rotatable bonds is 10. The van der Waals surface area contributed by atoms with Gasteiger partial charge in [0.05, 0.1) is 37.8 Å². The minimum atomic E-state index is -4.90. The molecule has 9 nitrogen and oxygen atoms in total. The van der Waals surface area contributed by atoms with Crippen LogP contribution in [0.1, 0.15) is 38.7 Å². The third kappa shape index (κ3) is 6.49. The number of aromatic hydroxyl groups is 1. The second-order valence-electron chi connectivity index (χ2n) is 11.2. The summed E-state index contributed by atoms with van der Waals surface area (Å²) in [6.45, 7) is -0.0738. The number of H-pyrrole nitrogens is 1. The zero-order chi connectivity index (χ0) is 34.9. The van der Waals surface area contributed by atoms with E-state index >= 15 is 0 Å². The number of benzene rings is 4. The van der Waals surface area contributed by atoms with E-state index in [0.29, 0.717) is 39.0 Å². The smallest absolute Gasteiger partial charge is 0.507 e. The lowest BCUT2D eigenvalue weighted by Crippen LogP contribution is -2.25. The highest BCUT2D eigenvalue weighted by molar-refractivity contribution is 5.93. The van der Waals surface area contributed by atoms with Gasteiger partial charge in [-0.15, -0.1) is 13.2 Å². The number of alkyl halides is 3. The first-order chi connectivity index (χ1) is 23.5. The molecule has 0 saturated carbocycles. The minimum absolute atomic E-state index is 0.0125. The third-order valence-corrected chi connectivity index (χ3v) is 8.40. The topological polar surface area (TPSA) is 112 Å².